The van der Waals surface area contributed by atoms with E-state index < -0.39 is 60.4 Å². The van der Waals surface area contributed by atoms with E-state index in [1.54, 1.807) is 0 Å². The number of nitrogens with zero attached hydrogens (tertiary/aromatic N) is 1. The number of hydrogen-bond donors (Lipinski definition) is 6. The van der Waals surface area contributed by atoms with E-state index in [9.17, 15) is 33.3 Å². The third-order valence-electron chi connectivity index (χ3n) is 3.46. The minimum atomic E-state index is -5.66. The maximum absolute atomic E-state index is 11.8. The van der Waals surface area contributed by atoms with Crippen molar-refractivity contribution in [1.82, 2.24) is 10.2 Å². The number of rotatable bonds is 8. The molecule has 162 valence electrons. The Bertz CT molecular complexity index is 767. The molecule has 0 aromatic carbocycles. The van der Waals surface area contributed by atoms with Gasteiger partial charge in [0.05, 0.1) is 12.7 Å². The van der Waals surface area contributed by atoms with Crippen LogP contribution in [0.15, 0.2) is 0 Å². The normalized spacial score (nSPS) is 30.6. The Hall–Kier alpha value is -0.730. The number of aliphatic hydroxyl groups is 1. The molecule has 0 saturated carbocycles. The fourth-order valence-electron chi connectivity index (χ4n) is 2.38. The smallest absolute Gasteiger partial charge is 0.390 e. The van der Waals surface area contributed by atoms with E-state index >= 15 is 0 Å². The van der Waals surface area contributed by atoms with Gasteiger partial charge in [0.2, 0.25) is 5.91 Å². The summed E-state index contributed by atoms with van der Waals surface area (Å²) in [5.74, 6) is -0.482. The van der Waals surface area contributed by atoms with Gasteiger partial charge in [0.1, 0.15) is 12.3 Å². The fourth-order valence-corrected chi connectivity index (χ4v) is 5.41. The summed E-state index contributed by atoms with van der Waals surface area (Å²) in [6, 6.07) is -0.748. The molecule has 6 N–H and O–H groups in total. The molecular weight excluding hydrogens is 453 g/mol. The van der Waals surface area contributed by atoms with Crippen LogP contribution in [-0.2, 0) is 36.4 Å². The Morgan fingerprint density at radius 3 is 2.32 bits per heavy atom. The van der Waals surface area contributed by atoms with E-state index in [-0.39, 0.29) is 19.4 Å². The summed E-state index contributed by atoms with van der Waals surface area (Å²) in [4.78, 5) is 59.3. The topological polar surface area (TPSA) is 239 Å². The van der Waals surface area contributed by atoms with Crippen molar-refractivity contribution < 1.29 is 65.8 Å². The highest BCUT2D eigenvalue weighted by molar-refractivity contribution is 7.66. The highest BCUT2D eigenvalue weighted by atomic mass is 31.3. The summed E-state index contributed by atoms with van der Waals surface area (Å²) in [5.41, 5.74) is 0. The van der Waals surface area contributed by atoms with Crippen LogP contribution in [0.4, 0.5) is 4.79 Å². The molecule has 0 bridgehead atoms. The summed E-state index contributed by atoms with van der Waals surface area (Å²) in [7, 11) is -16.5. The van der Waals surface area contributed by atoms with Crippen molar-refractivity contribution in [2.24, 2.45) is 0 Å². The second kappa shape index (κ2) is 8.56. The summed E-state index contributed by atoms with van der Waals surface area (Å²) >= 11 is 0. The predicted molar refractivity (Wildman–Crippen MR) is 84.0 cm³/mol. The van der Waals surface area contributed by atoms with Crippen LogP contribution in [0.1, 0.15) is 12.8 Å². The van der Waals surface area contributed by atoms with Crippen LogP contribution in [0, 0.1) is 0 Å². The zero-order valence-electron chi connectivity index (χ0n) is 13.8. The molecule has 2 rings (SSSR count). The van der Waals surface area contributed by atoms with E-state index in [0.717, 1.165) is 4.90 Å². The number of aliphatic hydroxyl groups excluding tert-OH is 1. The van der Waals surface area contributed by atoms with Crippen molar-refractivity contribution in [3.8, 4) is 0 Å². The lowest BCUT2D eigenvalue weighted by atomic mass is 10.2. The number of amides is 3. The molecule has 28 heavy (non-hydrogen) atoms. The van der Waals surface area contributed by atoms with Gasteiger partial charge in [0.15, 0.2) is 0 Å². The molecule has 19 heteroatoms. The lowest BCUT2D eigenvalue weighted by molar-refractivity contribution is -0.123. The van der Waals surface area contributed by atoms with Crippen LogP contribution in [0.25, 0.3) is 0 Å². The maximum Gasteiger partial charge on any atom is 0.490 e. The van der Waals surface area contributed by atoms with Gasteiger partial charge >= 0.3 is 29.5 Å². The Balaban J connectivity index is 1.90. The molecule has 0 aromatic rings. The number of ether oxygens (including phenoxy) is 1. The zero-order chi connectivity index (χ0) is 21.3. The zero-order valence-corrected chi connectivity index (χ0v) is 16.4. The van der Waals surface area contributed by atoms with Crippen LogP contribution in [0.3, 0.4) is 0 Å². The van der Waals surface area contributed by atoms with E-state index in [1.165, 1.54) is 0 Å². The van der Waals surface area contributed by atoms with Crippen LogP contribution in [0.5, 0.6) is 0 Å². The summed E-state index contributed by atoms with van der Waals surface area (Å²) < 4.78 is 50.2. The van der Waals surface area contributed by atoms with Crippen LogP contribution < -0.4 is 5.32 Å². The van der Waals surface area contributed by atoms with Gasteiger partial charge in [-0.05, 0) is 0 Å². The molecule has 0 radical (unpaired) electrons. The molecule has 2 aliphatic heterocycles. The number of nitrogens with one attached hydrogen (secondary N) is 1. The molecule has 2 heterocycles. The molecular formula is C9H17N2O14P3. The number of urea groups is 1. The Labute approximate surface area is 156 Å². The number of phosphoric ester groups is 1. The third-order valence-corrected chi connectivity index (χ3v) is 7.26. The van der Waals surface area contributed by atoms with Crippen molar-refractivity contribution in [3.63, 3.8) is 0 Å². The molecule has 0 aromatic heterocycles. The van der Waals surface area contributed by atoms with Gasteiger partial charge in [-0.15, -0.1) is 0 Å². The first-order valence-corrected chi connectivity index (χ1v) is 11.9. The first-order valence-electron chi connectivity index (χ1n) is 7.40. The standard InChI is InChI=1S/C9H17N2O14P3/c12-5-3-8(11-2-1-7(13)10-9(11)14)23-6(5)4-22-27(18,19)25-28(20,21)24-26(15,16)17/h5-6,8,12H,1-4H2,(H,18,19)(H,20,21)(H,10,13,14)(H2,15,16,17)/t5-,6-,8+/m0/s1. The maximum atomic E-state index is 11.8. The first kappa shape index (κ1) is 23.5. The SMILES string of the molecule is O=C1CCN([C@H]2C[C@H](O)[C@H](COP(=O)(O)OP(=O)(O)OP(=O)(O)O)O2)C(=O)N1. The summed E-state index contributed by atoms with van der Waals surface area (Å²) in [6.45, 7) is -0.833. The van der Waals surface area contributed by atoms with Gasteiger partial charge in [0.25, 0.3) is 0 Å². The highest BCUT2D eigenvalue weighted by Gasteiger charge is 2.44. The lowest BCUT2D eigenvalue weighted by Gasteiger charge is -2.31. The van der Waals surface area contributed by atoms with Crippen LogP contribution in [0.2, 0.25) is 0 Å². The van der Waals surface area contributed by atoms with Crippen molar-refractivity contribution in [1.29, 1.82) is 0 Å². The monoisotopic (exact) mass is 470 g/mol. The minimum Gasteiger partial charge on any atom is -0.390 e. The van der Waals surface area contributed by atoms with Gasteiger partial charge < -0.3 is 29.4 Å². The molecule has 2 fully saturated rings. The van der Waals surface area contributed by atoms with Crippen LogP contribution in [-0.4, -0.2) is 73.1 Å². The summed E-state index contributed by atoms with van der Waals surface area (Å²) in [5, 5.41) is 12.0. The van der Waals surface area contributed by atoms with E-state index in [1.807, 2.05) is 0 Å². The van der Waals surface area contributed by atoms with Crippen molar-refractivity contribution >= 4 is 35.4 Å². The third kappa shape index (κ3) is 6.95. The van der Waals surface area contributed by atoms with Gasteiger partial charge in [-0.25, -0.2) is 18.5 Å². The van der Waals surface area contributed by atoms with Gasteiger partial charge in [-0.2, -0.15) is 8.62 Å². The molecule has 2 unspecified atom stereocenters. The molecule has 0 spiro atoms. The first-order chi connectivity index (χ1) is 12.7. The van der Waals surface area contributed by atoms with E-state index in [2.05, 4.69) is 18.5 Å². The quantitative estimate of drug-likeness (QED) is 0.227. The van der Waals surface area contributed by atoms with E-state index in [0.29, 0.717) is 0 Å². The van der Waals surface area contributed by atoms with Gasteiger partial charge in [-0.3, -0.25) is 19.5 Å². The Morgan fingerprint density at radius 2 is 1.75 bits per heavy atom. The predicted octanol–water partition coefficient (Wildman–Crippen LogP) is -1.25. The van der Waals surface area contributed by atoms with Crippen molar-refractivity contribution in [3.05, 3.63) is 0 Å². The minimum absolute atomic E-state index is 0.00784. The fraction of sp³-hybridized carbons (Fsp3) is 0.778. The van der Waals surface area contributed by atoms with Gasteiger partial charge in [-0.1, -0.05) is 0 Å². The van der Waals surface area contributed by atoms with E-state index in [4.69, 9.17) is 19.4 Å². The molecule has 3 amide bonds. The molecule has 2 saturated heterocycles. The van der Waals surface area contributed by atoms with Crippen molar-refractivity contribution in [2.45, 2.75) is 31.3 Å². The second-order valence-corrected chi connectivity index (χ2v) is 10.0. The number of carbonyl (C=O) groups is 2. The van der Waals surface area contributed by atoms with Gasteiger partial charge in [0, 0.05) is 19.4 Å². The average molecular weight is 470 g/mol. The number of carbonyl (C=O) groups excluding carboxylic acids is 2. The molecule has 5 atom stereocenters. The lowest BCUT2D eigenvalue weighted by Crippen LogP contribution is -2.53. The number of imide groups is 1. The van der Waals surface area contributed by atoms with Crippen molar-refractivity contribution in [2.75, 3.05) is 13.2 Å². The second-order valence-electron chi connectivity index (χ2n) is 5.62. The highest BCUT2D eigenvalue weighted by Crippen LogP contribution is 2.66. The number of phosphoric acid groups is 3. The largest absolute Gasteiger partial charge is 0.490 e. The Morgan fingerprint density at radius 1 is 1.11 bits per heavy atom. The summed E-state index contributed by atoms with van der Waals surface area (Å²) in [6.07, 6.45) is -3.62. The van der Waals surface area contributed by atoms with Crippen LogP contribution >= 0.6 is 23.5 Å². The average Bonchev–Trinajstić information content (AvgIpc) is 2.82. The molecule has 16 nitrogen and oxygen atoms in total. The Kier molecular flexibility index (Phi) is 7.20. The molecule has 0 aliphatic carbocycles. The number of hydrogen-bond acceptors (Lipinski definition) is 10. The molecule has 2 aliphatic rings.